The van der Waals surface area contributed by atoms with E-state index < -0.39 is 6.61 Å². The average Bonchev–Trinajstić information content (AvgIpc) is 2.64. The van der Waals surface area contributed by atoms with Gasteiger partial charge in [0.25, 0.3) is 0 Å². The summed E-state index contributed by atoms with van der Waals surface area (Å²) in [6.45, 7) is -2.82. The first-order valence-electron chi connectivity index (χ1n) is 4.19. The molecule has 0 aliphatic carbocycles. The predicted octanol–water partition coefficient (Wildman–Crippen LogP) is 3.57. The van der Waals surface area contributed by atoms with Crippen LogP contribution in [0.2, 0.25) is 0 Å². The van der Waals surface area contributed by atoms with Gasteiger partial charge in [0.1, 0.15) is 10.8 Å². The average molecular weight is 307 g/mol. The minimum absolute atomic E-state index is 0.110. The van der Waals surface area contributed by atoms with E-state index in [1.54, 1.807) is 12.1 Å². The lowest BCUT2D eigenvalue weighted by Crippen LogP contribution is -2.01. The van der Waals surface area contributed by atoms with Crippen LogP contribution in [0.1, 0.15) is 0 Å². The SMILES string of the molecule is FC(F)Oc1cccc(-c2nnc(Br)s2)c1. The number of halogens is 3. The van der Waals surface area contributed by atoms with E-state index in [1.165, 1.54) is 23.5 Å². The van der Waals surface area contributed by atoms with Crippen LogP contribution in [0, 0.1) is 0 Å². The van der Waals surface area contributed by atoms with Gasteiger partial charge in [0, 0.05) is 5.56 Å². The molecule has 0 saturated carbocycles. The first kappa shape index (κ1) is 11.4. The van der Waals surface area contributed by atoms with Crippen molar-refractivity contribution in [1.29, 1.82) is 0 Å². The van der Waals surface area contributed by atoms with Crippen LogP contribution >= 0.6 is 27.3 Å². The lowest BCUT2D eigenvalue weighted by Gasteiger charge is -2.04. The van der Waals surface area contributed by atoms with Crippen LogP contribution < -0.4 is 4.74 Å². The number of aromatic nitrogens is 2. The minimum Gasteiger partial charge on any atom is -0.435 e. The summed E-state index contributed by atoms with van der Waals surface area (Å²) in [5, 5.41) is 8.31. The van der Waals surface area contributed by atoms with E-state index in [-0.39, 0.29) is 5.75 Å². The van der Waals surface area contributed by atoms with Crippen LogP contribution in [0.25, 0.3) is 10.6 Å². The second kappa shape index (κ2) is 4.84. The van der Waals surface area contributed by atoms with Crippen LogP contribution in [0.4, 0.5) is 8.78 Å². The van der Waals surface area contributed by atoms with Gasteiger partial charge in [-0.25, -0.2) is 0 Å². The molecule has 1 heterocycles. The zero-order chi connectivity index (χ0) is 11.5. The highest BCUT2D eigenvalue weighted by molar-refractivity contribution is 9.11. The smallest absolute Gasteiger partial charge is 0.387 e. The molecule has 2 aromatic rings. The molecule has 0 N–H and O–H groups in total. The Morgan fingerprint density at radius 1 is 1.31 bits per heavy atom. The molecule has 0 saturated heterocycles. The van der Waals surface area contributed by atoms with E-state index in [4.69, 9.17) is 0 Å². The van der Waals surface area contributed by atoms with Crippen molar-refractivity contribution in [2.45, 2.75) is 6.61 Å². The van der Waals surface area contributed by atoms with Gasteiger partial charge >= 0.3 is 6.61 Å². The third kappa shape index (κ3) is 2.73. The summed E-state index contributed by atoms with van der Waals surface area (Å²) in [7, 11) is 0. The fraction of sp³-hybridized carbons (Fsp3) is 0.111. The molecule has 0 atom stereocenters. The van der Waals surface area contributed by atoms with Gasteiger partial charge in [0.15, 0.2) is 3.92 Å². The van der Waals surface area contributed by atoms with Crippen molar-refractivity contribution in [1.82, 2.24) is 10.2 Å². The number of ether oxygens (including phenoxy) is 1. The molecule has 0 aliphatic rings. The summed E-state index contributed by atoms with van der Waals surface area (Å²) in [5.41, 5.74) is 0.696. The van der Waals surface area contributed by atoms with Gasteiger partial charge in [-0.2, -0.15) is 8.78 Å². The maximum absolute atomic E-state index is 12.0. The molecular weight excluding hydrogens is 302 g/mol. The Balaban J connectivity index is 2.28. The van der Waals surface area contributed by atoms with E-state index in [0.717, 1.165) is 0 Å². The van der Waals surface area contributed by atoms with Crippen LogP contribution in [0.5, 0.6) is 5.75 Å². The largest absolute Gasteiger partial charge is 0.435 e. The van der Waals surface area contributed by atoms with Gasteiger partial charge < -0.3 is 4.74 Å². The van der Waals surface area contributed by atoms with E-state index in [1.807, 2.05) is 0 Å². The summed E-state index contributed by atoms with van der Waals surface area (Å²) in [5.74, 6) is 0.110. The van der Waals surface area contributed by atoms with Crippen LogP contribution in [0.15, 0.2) is 28.2 Å². The third-order valence-corrected chi connectivity index (χ3v) is 3.11. The number of nitrogens with zero attached hydrogens (tertiary/aromatic N) is 2. The molecule has 0 aliphatic heterocycles. The first-order chi connectivity index (χ1) is 7.65. The quantitative estimate of drug-likeness (QED) is 0.869. The molecular formula is C9H5BrF2N2OS. The standard InChI is InChI=1S/C9H5BrF2N2OS/c10-8-14-13-7(16-8)5-2-1-3-6(4-5)15-9(11)12/h1-4,9H. The Bertz CT molecular complexity index is 492. The van der Waals surface area contributed by atoms with Crippen molar-refractivity contribution in [3.05, 3.63) is 28.2 Å². The van der Waals surface area contributed by atoms with Crippen LogP contribution in [-0.4, -0.2) is 16.8 Å². The van der Waals surface area contributed by atoms with Crippen LogP contribution in [0.3, 0.4) is 0 Å². The summed E-state index contributed by atoms with van der Waals surface area (Å²) in [6.07, 6.45) is 0. The normalized spacial score (nSPS) is 10.8. The zero-order valence-corrected chi connectivity index (χ0v) is 10.1. The fourth-order valence-electron chi connectivity index (χ4n) is 1.13. The molecule has 0 radical (unpaired) electrons. The molecule has 0 unspecified atom stereocenters. The predicted molar refractivity (Wildman–Crippen MR) is 59.7 cm³/mol. The van der Waals surface area contributed by atoms with Crippen molar-refractivity contribution in [3.8, 4) is 16.3 Å². The number of benzene rings is 1. The van der Waals surface area contributed by atoms with E-state index in [9.17, 15) is 8.78 Å². The van der Waals surface area contributed by atoms with Gasteiger partial charge in [-0.05, 0) is 28.1 Å². The topological polar surface area (TPSA) is 35.0 Å². The number of alkyl halides is 2. The summed E-state index contributed by atoms with van der Waals surface area (Å²) in [4.78, 5) is 0. The Morgan fingerprint density at radius 3 is 2.75 bits per heavy atom. The highest BCUT2D eigenvalue weighted by Crippen LogP contribution is 2.29. The van der Waals surface area contributed by atoms with E-state index in [2.05, 4.69) is 30.9 Å². The molecule has 3 nitrogen and oxygen atoms in total. The third-order valence-electron chi connectivity index (χ3n) is 1.71. The highest BCUT2D eigenvalue weighted by atomic mass is 79.9. The lowest BCUT2D eigenvalue weighted by atomic mass is 10.2. The van der Waals surface area contributed by atoms with Crippen molar-refractivity contribution in [2.24, 2.45) is 0 Å². The second-order valence-corrected chi connectivity index (χ2v) is 5.02. The molecule has 0 spiro atoms. The van der Waals surface area contributed by atoms with Crippen molar-refractivity contribution in [2.75, 3.05) is 0 Å². The second-order valence-electron chi connectivity index (χ2n) is 2.77. The Morgan fingerprint density at radius 2 is 2.12 bits per heavy atom. The summed E-state index contributed by atoms with van der Waals surface area (Å²) >= 11 is 4.50. The molecule has 0 fully saturated rings. The number of hydrogen-bond acceptors (Lipinski definition) is 4. The number of hydrogen-bond donors (Lipinski definition) is 0. The van der Waals surface area contributed by atoms with E-state index in [0.29, 0.717) is 14.5 Å². The fourth-order valence-corrected chi connectivity index (χ4v) is 2.23. The van der Waals surface area contributed by atoms with Crippen molar-refractivity contribution in [3.63, 3.8) is 0 Å². The van der Waals surface area contributed by atoms with E-state index >= 15 is 0 Å². The molecule has 1 aromatic carbocycles. The molecule has 1 aromatic heterocycles. The Hall–Kier alpha value is -1.08. The first-order valence-corrected chi connectivity index (χ1v) is 5.80. The monoisotopic (exact) mass is 306 g/mol. The minimum atomic E-state index is -2.82. The molecule has 16 heavy (non-hydrogen) atoms. The van der Waals surface area contributed by atoms with Crippen molar-refractivity contribution < 1.29 is 13.5 Å². The van der Waals surface area contributed by atoms with Gasteiger partial charge in [-0.15, -0.1) is 10.2 Å². The van der Waals surface area contributed by atoms with Gasteiger partial charge in [-0.3, -0.25) is 0 Å². The molecule has 0 bridgehead atoms. The zero-order valence-electron chi connectivity index (χ0n) is 7.73. The molecule has 2 rings (SSSR count). The summed E-state index contributed by atoms with van der Waals surface area (Å²) < 4.78 is 28.9. The maximum Gasteiger partial charge on any atom is 0.387 e. The summed E-state index contributed by atoms with van der Waals surface area (Å²) in [6, 6.07) is 6.35. The van der Waals surface area contributed by atoms with Gasteiger partial charge in [-0.1, -0.05) is 23.5 Å². The van der Waals surface area contributed by atoms with Crippen LogP contribution in [-0.2, 0) is 0 Å². The molecule has 84 valence electrons. The Kier molecular flexibility index (Phi) is 3.45. The van der Waals surface area contributed by atoms with Gasteiger partial charge in [0.2, 0.25) is 0 Å². The lowest BCUT2D eigenvalue weighted by molar-refractivity contribution is -0.0498. The molecule has 0 amide bonds. The maximum atomic E-state index is 12.0. The molecule has 7 heteroatoms. The highest BCUT2D eigenvalue weighted by Gasteiger charge is 2.08. The van der Waals surface area contributed by atoms with Gasteiger partial charge in [0.05, 0.1) is 0 Å². The van der Waals surface area contributed by atoms with Crippen molar-refractivity contribution >= 4 is 27.3 Å². The number of rotatable bonds is 3. The Labute approximate surface area is 102 Å².